The van der Waals surface area contributed by atoms with Crippen molar-refractivity contribution in [3.63, 3.8) is 0 Å². The molecule has 2 fully saturated rings. The molecule has 0 aliphatic heterocycles. The average Bonchev–Trinajstić information content (AvgIpc) is 2.79. The van der Waals surface area contributed by atoms with Crippen LogP contribution in [-0.2, 0) is 9.22 Å². The SMILES string of the molecule is CCC(C)(CCCC1CCC2(CCCC(=O)C2)C1)O[Si](C)(C)C. The summed E-state index contributed by atoms with van der Waals surface area (Å²) in [6, 6.07) is 0. The zero-order chi connectivity index (χ0) is 17.1. The fourth-order valence-corrected chi connectivity index (χ4v) is 6.75. The second-order valence-corrected chi connectivity index (χ2v) is 14.0. The van der Waals surface area contributed by atoms with Crippen molar-refractivity contribution in [2.45, 2.75) is 110 Å². The van der Waals surface area contributed by atoms with E-state index in [4.69, 9.17) is 4.43 Å². The second kappa shape index (κ2) is 7.39. The molecule has 0 radical (unpaired) electrons. The zero-order valence-corrected chi connectivity index (χ0v) is 17.2. The van der Waals surface area contributed by atoms with E-state index in [-0.39, 0.29) is 5.60 Å². The Morgan fingerprint density at radius 2 is 2.04 bits per heavy atom. The van der Waals surface area contributed by atoms with E-state index >= 15 is 0 Å². The molecule has 3 atom stereocenters. The Hall–Kier alpha value is -0.153. The van der Waals surface area contributed by atoms with E-state index in [2.05, 4.69) is 33.5 Å². The maximum atomic E-state index is 11.8. The number of carbonyl (C=O) groups excluding carboxylic acids is 1. The molecule has 0 aromatic carbocycles. The maximum absolute atomic E-state index is 11.8. The van der Waals surface area contributed by atoms with Gasteiger partial charge in [-0.05, 0) is 82.8 Å². The first kappa shape index (κ1) is 19.2. The van der Waals surface area contributed by atoms with Crippen LogP contribution in [0.2, 0.25) is 19.6 Å². The highest BCUT2D eigenvalue weighted by Gasteiger charge is 2.42. The third-order valence-corrected chi connectivity index (χ3v) is 7.26. The first-order valence-electron chi connectivity index (χ1n) is 9.87. The lowest BCUT2D eigenvalue weighted by Gasteiger charge is -2.36. The lowest BCUT2D eigenvalue weighted by molar-refractivity contribution is -0.123. The molecule has 3 heteroatoms. The molecule has 0 bridgehead atoms. The summed E-state index contributed by atoms with van der Waals surface area (Å²) >= 11 is 0. The van der Waals surface area contributed by atoms with E-state index in [1.165, 1.54) is 44.9 Å². The van der Waals surface area contributed by atoms with Crippen LogP contribution in [0, 0.1) is 11.3 Å². The van der Waals surface area contributed by atoms with Crippen LogP contribution >= 0.6 is 0 Å². The van der Waals surface area contributed by atoms with Gasteiger partial charge in [0.15, 0.2) is 8.32 Å². The highest BCUT2D eigenvalue weighted by atomic mass is 28.4. The van der Waals surface area contributed by atoms with Gasteiger partial charge in [-0.15, -0.1) is 0 Å². The van der Waals surface area contributed by atoms with Crippen molar-refractivity contribution in [1.29, 1.82) is 0 Å². The molecule has 2 rings (SSSR count). The van der Waals surface area contributed by atoms with Crippen LogP contribution < -0.4 is 0 Å². The number of hydrogen-bond acceptors (Lipinski definition) is 2. The molecule has 2 saturated carbocycles. The van der Waals surface area contributed by atoms with Crippen LogP contribution in [0.3, 0.4) is 0 Å². The quantitative estimate of drug-likeness (QED) is 0.524. The molecule has 2 aliphatic rings. The third-order valence-electron chi connectivity index (χ3n) is 6.16. The summed E-state index contributed by atoms with van der Waals surface area (Å²) in [7, 11) is -1.47. The van der Waals surface area contributed by atoms with Crippen LogP contribution in [0.5, 0.6) is 0 Å². The minimum Gasteiger partial charge on any atom is -0.412 e. The Kier molecular flexibility index (Phi) is 6.16. The fraction of sp³-hybridized carbons (Fsp3) is 0.950. The van der Waals surface area contributed by atoms with E-state index in [1.54, 1.807) is 0 Å². The minimum absolute atomic E-state index is 0.0710. The summed E-state index contributed by atoms with van der Waals surface area (Å²) in [5, 5.41) is 0. The lowest BCUT2D eigenvalue weighted by atomic mass is 9.72. The maximum Gasteiger partial charge on any atom is 0.184 e. The molecule has 0 N–H and O–H groups in total. The first-order valence-corrected chi connectivity index (χ1v) is 13.3. The number of hydrogen-bond donors (Lipinski definition) is 0. The number of carbonyl (C=O) groups is 1. The van der Waals surface area contributed by atoms with Crippen molar-refractivity contribution in [3.05, 3.63) is 0 Å². The first-order chi connectivity index (χ1) is 10.7. The van der Waals surface area contributed by atoms with Gasteiger partial charge in [-0.2, -0.15) is 0 Å². The molecule has 0 saturated heterocycles. The van der Waals surface area contributed by atoms with Gasteiger partial charge in [0, 0.05) is 12.8 Å². The zero-order valence-electron chi connectivity index (χ0n) is 16.2. The van der Waals surface area contributed by atoms with E-state index in [0.29, 0.717) is 11.2 Å². The molecule has 3 unspecified atom stereocenters. The molecular formula is C20H38O2Si. The Bertz CT molecular complexity index is 414. The molecule has 0 amide bonds. The Morgan fingerprint density at radius 1 is 1.30 bits per heavy atom. The van der Waals surface area contributed by atoms with Gasteiger partial charge in [-0.3, -0.25) is 4.79 Å². The lowest BCUT2D eigenvalue weighted by Crippen LogP contribution is -2.40. The normalized spacial score (nSPS) is 31.5. The molecule has 0 aromatic rings. The highest BCUT2D eigenvalue weighted by molar-refractivity contribution is 6.69. The van der Waals surface area contributed by atoms with Gasteiger partial charge in [0.1, 0.15) is 5.78 Å². The van der Waals surface area contributed by atoms with Crippen molar-refractivity contribution < 1.29 is 9.22 Å². The summed E-state index contributed by atoms with van der Waals surface area (Å²) < 4.78 is 6.46. The predicted octanol–water partition coefficient (Wildman–Crippen LogP) is 6.11. The van der Waals surface area contributed by atoms with E-state index in [0.717, 1.165) is 31.6 Å². The number of rotatable bonds is 7. The molecule has 0 aromatic heterocycles. The molecule has 0 heterocycles. The van der Waals surface area contributed by atoms with Crippen molar-refractivity contribution in [3.8, 4) is 0 Å². The summed E-state index contributed by atoms with van der Waals surface area (Å²) in [5.41, 5.74) is 0.477. The Labute approximate surface area is 144 Å². The standard InChI is InChI=1S/C20H38O2Si/c1-6-19(2,22-23(3,4)5)12-7-9-17-11-14-20(15-17)13-8-10-18(21)16-20/h17H,6-16H2,1-5H3. The number of ketones is 1. The van der Waals surface area contributed by atoms with Gasteiger partial charge in [0.25, 0.3) is 0 Å². The van der Waals surface area contributed by atoms with Gasteiger partial charge in [0.05, 0.1) is 5.60 Å². The van der Waals surface area contributed by atoms with Crippen LogP contribution in [0.25, 0.3) is 0 Å². The van der Waals surface area contributed by atoms with Crippen LogP contribution in [0.4, 0.5) is 0 Å². The van der Waals surface area contributed by atoms with Gasteiger partial charge in [-0.1, -0.05) is 19.8 Å². The van der Waals surface area contributed by atoms with Gasteiger partial charge in [0.2, 0.25) is 0 Å². The second-order valence-electron chi connectivity index (χ2n) is 9.59. The monoisotopic (exact) mass is 338 g/mol. The molecule has 2 aliphatic carbocycles. The van der Waals surface area contributed by atoms with Gasteiger partial charge in [-0.25, -0.2) is 0 Å². The van der Waals surface area contributed by atoms with Crippen molar-refractivity contribution in [2.75, 3.05) is 0 Å². The summed E-state index contributed by atoms with van der Waals surface area (Å²) in [4.78, 5) is 11.8. The van der Waals surface area contributed by atoms with Gasteiger partial charge < -0.3 is 4.43 Å². The molecule has 134 valence electrons. The topological polar surface area (TPSA) is 26.3 Å². The fourth-order valence-electron chi connectivity index (χ4n) is 5.02. The van der Waals surface area contributed by atoms with E-state index in [9.17, 15) is 4.79 Å². The van der Waals surface area contributed by atoms with Crippen molar-refractivity contribution in [2.24, 2.45) is 11.3 Å². The Balaban J connectivity index is 1.77. The summed E-state index contributed by atoms with van der Waals surface area (Å²) in [6.45, 7) is 11.4. The van der Waals surface area contributed by atoms with Crippen molar-refractivity contribution >= 4 is 14.1 Å². The highest BCUT2D eigenvalue weighted by Crippen LogP contribution is 2.51. The minimum atomic E-state index is -1.47. The Morgan fingerprint density at radius 3 is 2.65 bits per heavy atom. The van der Waals surface area contributed by atoms with E-state index < -0.39 is 8.32 Å². The third kappa shape index (κ3) is 5.70. The summed E-state index contributed by atoms with van der Waals surface area (Å²) in [6.07, 6.45) is 13.1. The summed E-state index contributed by atoms with van der Waals surface area (Å²) in [5.74, 6) is 1.38. The largest absolute Gasteiger partial charge is 0.412 e. The van der Waals surface area contributed by atoms with E-state index in [1.807, 2.05) is 0 Å². The average molecular weight is 339 g/mol. The molecule has 23 heavy (non-hydrogen) atoms. The molecule has 1 spiro atoms. The van der Waals surface area contributed by atoms with Gasteiger partial charge >= 0.3 is 0 Å². The molecular weight excluding hydrogens is 300 g/mol. The molecule has 2 nitrogen and oxygen atoms in total. The predicted molar refractivity (Wildman–Crippen MR) is 100 cm³/mol. The van der Waals surface area contributed by atoms with Crippen LogP contribution in [-0.4, -0.2) is 19.7 Å². The van der Waals surface area contributed by atoms with Crippen LogP contribution in [0.15, 0.2) is 0 Å². The van der Waals surface area contributed by atoms with Crippen molar-refractivity contribution in [1.82, 2.24) is 0 Å². The van der Waals surface area contributed by atoms with Crippen LogP contribution in [0.1, 0.15) is 84.5 Å². The number of Topliss-reactive ketones (excluding diaryl/α,β-unsaturated/α-hetero) is 1. The smallest absolute Gasteiger partial charge is 0.184 e.